The molecule has 0 amide bonds. The Labute approximate surface area is 128 Å². The normalized spacial score (nSPS) is 20.0. The summed E-state index contributed by atoms with van der Waals surface area (Å²) in [7, 11) is -3.44. The van der Waals surface area contributed by atoms with Crippen molar-refractivity contribution in [3.8, 4) is 0 Å². The van der Waals surface area contributed by atoms with Crippen LogP contribution < -0.4 is 5.32 Å². The van der Waals surface area contributed by atoms with Crippen LogP contribution in [0.3, 0.4) is 0 Å². The number of sulfonamides is 1. The highest BCUT2D eigenvalue weighted by atomic mass is 32.2. The van der Waals surface area contributed by atoms with Gasteiger partial charge in [-0.3, -0.25) is 0 Å². The van der Waals surface area contributed by atoms with Gasteiger partial charge < -0.3 is 5.32 Å². The predicted octanol–water partition coefficient (Wildman–Crippen LogP) is 2.37. The Balaban J connectivity index is 2.44. The third kappa shape index (κ3) is 3.30. The summed E-state index contributed by atoms with van der Waals surface area (Å²) < 4.78 is 27.9. The van der Waals surface area contributed by atoms with Crippen LogP contribution in [-0.4, -0.2) is 38.4 Å². The van der Waals surface area contributed by atoms with Crippen LogP contribution in [0.5, 0.6) is 0 Å². The number of rotatable bonds is 4. The highest BCUT2D eigenvalue weighted by molar-refractivity contribution is 7.89. The molecule has 1 heterocycles. The first-order valence-corrected chi connectivity index (χ1v) is 9.12. The number of likely N-dealkylation sites (N-methyl/N-ethyl adjacent to an activating group) is 1. The summed E-state index contributed by atoms with van der Waals surface area (Å²) >= 11 is 0. The van der Waals surface area contributed by atoms with E-state index in [2.05, 4.69) is 5.32 Å². The van der Waals surface area contributed by atoms with Crippen molar-refractivity contribution in [1.82, 2.24) is 9.62 Å². The van der Waals surface area contributed by atoms with E-state index < -0.39 is 10.0 Å². The molecule has 5 heteroatoms. The second-order valence-electron chi connectivity index (χ2n) is 5.94. The molecule has 0 aliphatic carbocycles. The fourth-order valence-electron chi connectivity index (χ4n) is 3.39. The van der Waals surface area contributed by atoms with Crippen LogP contribution in [-0.2, 0) is 10.0 Å². The lowest BCUT2D eigenvalue weighted by molar-refractivity contribution is 0.274. The summed E-state index contributed by atoms with van der Waals surface area (Å²) in [5, 5.41) is 3.31. The molecule has 0 aromatic heterocycles. The lowest BCUT2D eigenvalue weighted by Crippen LogP contribution is -2.48. The molecular formula is C16H26N2O2S. The Hall–Kier alpha value is -0.910. The molecule has 0 spiro atoms. The van der Waals surface area contributed by atoms with Crippen LogP contribution in [0.15, 0.2) is 17.0 Å². The number of nitrogens with one attached hydrogen (secondary N) is 1. The largest absolute Gasteiger partial charge is 0.315 e. The van der Waals surface area contributed by atoms with Gasteiger partial charge in [-0.1, -0.05) is 24.6 Å². The Morgan fingerprint density at radius 2 is 1.86 bits per heavy atom. The molecule has 1 atom stereocenters. The molecule has 1 aromatic carbocycles. The summed E-state index contributed by atoms with van der Waals surface area (Å²) in [5.41, 5.74) is 2.79. The molecule has 1 aliphatic rings. The predicted molar refractivity (Wildman–Crippen MR) is 86.1 cm³/mol. The SMILES string of the molecule is CCN(C1CCCNC1)S(=O)(=O)c1c(C)cc(C)cc1C. The lowest BCUT2D eigenvalue weighted by Gasteiger charge is -2.33. The average Bonchev–Trinajstić information content (AvgIpc) is 2.38. The highest BCUT2D eigenvalue weighted by Gasteiger charge is 2.33. The van der Waals surface area contributed by atoms with Gasteiger partial charge in [-0.2, -0.15) is 4.31 Å². The van der Waals surface area contributed by atoms with E-state index in [-0.39, 0.29) is 6.04 Å². The number of aryl methyl sites for hydroxylation is 3. The zero-order valence-corrected chi connectivity index (χ0v) is 14.3. The molecule has 21 heavy (non-hydrogen) atoms. The first kappa shape index (κ1) is 16.5. The molecule has 0 bridgehead atoms. The molecule has 0 radical (unpaired) electrons. The van der Waals surface area contributed by atoms with Gasteiger partial charge in [0.1, 0.15) is 0 Å². The molecule has 118 valence electrons. The number of hydrogen-bond donors (Lipinski definition) is 1. The van der Waals surface area contributed by atoms with Crippen LogP contribution in [0.1, 0.15) is 36.5 Å². The van der Waals surface area contributed by atoms with Crippen LogP contribution in [0.4, 0.5) is 0 Å². The van der Waals surface area contributed by atoms with Crippen molar-refractivity contribution >= 4 is 10.0 Å². The number of nitrogens with zero attached hydrogens (tertiary/aromatic N) is 1. The van der Waals surface area contributed by atoms with Crippen molar-refractivity contribution in [2.75, 3.05) is 19.6 Å². The first-order chi connectivity index (χ1) is 9.87. The molecule has 1 N–H and O–H groups in total. The van der Waals surface area contributed by atoms with Gasteiger partial charge in [0.25, 0.3) is 0 Å². The van der Waals surface area contributed by atoms with Crippen molar-refractivity contribution < 1.29 is 8.42 Å². The molecule has 0 saturated carbocycles. The highest BCUT2D eigenvalue weighted by Crippen LogP contribution is 2.27. The second-order valence-corrected chi connectivity index (χ2v) is 7.76. The Bertz CT molecular complexity index is 582. The maximum Gasteiger partial charge on any atom is 0.243 e. The standard InChI is InChI=1S/C16H26N2O2S/c1-5-18(15-7-6-8-17-11-15)21(19,20)16-13(3)9-12(2)10-14(16)4/h9-10,15,17H,5-8,11H2,1-4H3. The molecule has 2 rings (SSSR count). The van der Waals surface area contributed by atoms with Crippen molar-refractivity contribution in [2.45, 2.75) is 51.5 Å². The zero-order chi connectivity index (χ0) is 15.6. The molecule has 1 aliphatic heterocycles. The smallest absolute Gasteiger partial charge is 0.243 e. The number of piperidine rings is 1. The van der Waals surface area contributed by atoms with Gasteiger partial charge in [0.05, 0.1) is 4.90 Å². The van der Waals surface area contributed by atoms with E-state index in [4.69, 9.17) is 0 Å². The third-order valence-electron chi connectivity index (χ3n) is 4.16. The van der Waals surface area contributed by atoms with Gasteiger partial charge in [-0.25, -0.2) is 8.42 Å². The fraction of sp³-hybridized carbons (Fsp3) is 0.625. The number of hydrogen-bond acceptors (Lipinski definition) is 3. The van der Waals surface area contributed by atoms with E-state index in [1.807, 2.05) is 39.8 Å². The van der Waals surface area contributed by atoms with Crippen molar-refractivity contribution in [1.29, 1.82) is 0 Å². The zero-order valence-electron chi connectivity index (χ0n) is 13.4. The Morgan fingerprint density at radius 1 is 1.24 bits per heavy atom. The average molecular weight is 310 g/mol. The van der Waals surface area contributed by atoms with E-state index in [1.54, 1.807) is 4.31 Å². The topological polar surface area (TPSA) is 49.4 Å². The maximum atomic E-state index is 13.1. The third-order valence-corrected chi connectivity index (χ3v) is 6.49. The molecule has 1 saturated heterocycles. The fourth-order valence-corrected chi connectivity index (χ4v) is 5.47. The summed E-state index contributed by atoms with van der Waals surface area (Å²) in [5.74, 6) is 0. The van der Waals surface area contributed by atoms with Gasteiger partial charge in [-0.15, -0.1) is 0 Å². The minimum absolute atomic E-state index is 0.0638. The summed E-state index contributed by atoms with van der Waals surface area (Å²) in [6.45, 7) is 9.94. The first-order valence-electron chi connectivity index (χ1n) is 7.68. The molecular weight excluding hydrogens is 284 g/mol. The van der Waals surface area contributed by atoms with Crippen molar-refractivity contribution in [2.24, 2.45) is 0 Å². The van der Waals surface area contributed by atoms with Crippen LogP contribution in [0, 0.1) is 20.8 Å². The summed E-state index contributed by atoms with van der Waals surface area (Å²) in [4.78, 5) is 0.487. The molecule has 1 aromatic rings. The van der Waals surface area contributed by atoms with Crippen LogP contribution in [0.25, 0.3) is 0 Å². The van der Waals surface area contributed by atoms with E-state index in [0.717, 1.165) is 42.6 Å². The molecule has 4 nitrogen and oxygen atoms in total. The van der Waals surface area contributed by atoms with Crippen LogP contribution in [0.2, 0.25) is 0 Å². The Kier molecular flexibility index (Phi) is 5.07. The number of benzene rings is 1. The van der Waals surface area contributed by atoms with E-state index in [0.29, 0.717) is 11.4 Å². The summed E-state index contributed by atoms with van der Waals surface area (Å²) in [6.07, 6.45) is 1.96. The van der Waals surface area contributed by atoms with E-state index in [1.165, 1.54) is 0 Å². The summed E-state index contributed by atoms with van der Waals surface area (Å²) in [6, 6.07) is 3.97. The maximum absolute atomic E-state index is 13.1. The molecule has 1 fully saturated rings. The minimum atomic E-state index is -3.44. The lowest BCUT2D eigenvalue weighted by atomic mass is 10.1. The van der Waals surface area contributed by atoms with Crippen molar-refractivity contribution in [3.05, 3.63) is 28.8 Å². The Morgan fingerprint density at radius 3 is 2.33 bits per heavy atom. The van der Waals surface area contributed by atoms with E-state index in [9.17, 15) is 8.42 Å². The van der Waals surface area contributed by atoms with Crippen molar-refractivity contribution in [3.63, 3.8) is 0 Å². The second kappa shape index (κ2) is 6.46. The van der Waals surface area contributed by atoms with Gasteiger partial charge in [-0.05, 0) is 51.3 Å². The quantitative estimate of drug-likeness (QED) is 0.929. The van der Waals surface area contributed by atoms with Gasteiger partial charge in [0.2, 0.25) is 10.0 Å². The van der Waals surface area contributed by atoms with Gasteiger partial charge in [0.15, 0.2) is 0 Å². The minimum Gasteiger partial charge on any atom is -0.315 e. The monoisotopic (exact) mass is 310 g/mol. The molecule has 1 unspecified atom stereocenters. The van der Waals surface area contributed by atoms with Crippen LogP contribution >= 0.6 is 0 Å². The van der Waals surface area contributed by atoms with E-state index >= 15 is 0 Å². The van der Waals surface area contributed by atoms with Gasteiger partial charge in [0, 0.05) is 19.1 Å². The van der Waals surface area contributed by atoms with Gasteiger partial charge >= 0.3 is 0 Å².